The molecule has 1 aromatic rings. The highest BCUT2D eigenvalue weighted by molar-refractivity contribution is 6.00. The van der Waals surface area contributed by atoms with Gasteiger partial charge >= 0.3 is 6.18 Å². The van der Waals surface area contributed by atoms with Gasteiger partial charge in [0.2, 0.25) is 0 Å². The van der Waals surface area contributed by atoms with Crippen LogP contribution in [0.3, 0.4) is 0 Å². The van der Waals surface area contributed by atoms with Gasteiger partial charge in [0, 0.05) is 11.3 Å². The average molecular weight is 368 g/mol. The highest BCUT2D eigenvalue weighted by atomic mass is 19.4. The molecule has 0 radical (unpaired) electrons. The van der Waals surface area contributed by atoms with Crippen LogP contribution in [0.15, 0.2) is 23.3 Å². The molecule has 1 saturated carbocycles. The molecule has 2 atom stereocenters. The number of hydrogen-bond acceptors (Lipinski definition) is 3. The van der Waals surface area contributed by atoms with Crippen LogP contribution in [0.4, 0.5) is 13.2 Å². The van der Waals surface area contributed by atoms with Crippen LogP contribution in [0.25, 0.3) is 0 Å². The van der Waals surface area contributed by atoms with Crippen LogP contribution in [-0.2, 0) is 0 Å². The standard InChI is InChI=1S/C19H23F3N2O2/c1-11(2)13-9-8-12(3)14(10-13)17(25)24-18(26,19(20,21)22)15-6-4-5-7-16(15)23-24/h8-11,15,26H,4-7H2,1-3H3. The fourth-order valence-corrected chi connectivity index (χ4v) is 3.76. The maximum atomic E-state index is 13.8. The van der Waals surface area contributed by atoms with E-state index in [4.69, 9.17) is 0 Å². The van der Waals surface area contributed by atoms with Crippen molar-refractivity contribution in [2.75, 3.05) is 0 Å². The Kier molecular flexibility index (Phi) is 4.63. The largest absolute Gasteiger partial charge is 0.439 e. The number of amides is 1. The van der Waals surface area contributed by atoms with Crippen molar-refractivity contribution in [2.45, 2.75) is 64.3 Å². The number of halogens is 3. The van der Waals surface area contributed by atoms with Gasteiger partial charge in [-0.1, -0.05) is 32.4 Å². The molecule has 1 aliphatic heterocycles. The summed E-state index contributed by atoms with van der Waals surface area (Å²) in [5.41, 5.74) is -1.47. The number of aryl methyl sites for hydroxylation is 1. The van der Waals surface area contributed by atoms with Crippen molar-refractivity contribution in [3.05, 3.63) is 34.9 Å². The highest BCUT2D eigenvalue weighted by Crippen LogP contribution is 2.48. The number of nitrogens with zero attached hydrogens (tertiary/aromatic N) is 2. The van der Waals surface area contributed by atoms with Crippen molar-refractivity contribution in [3.63, 3.8) is 0 Å². The molecule has 2 unspecified atom stereocenters. The molecule has 0 saturated heterocycles. The molecule has 7 heteroatoms. The minimum atomic E-state index is -4.99. The van der Waals surface area contributed by atoms with Gasteiger partial charge in [0.1, 0.15) is 0 Å². The number of benzene rings is 1. The molecule has 0 spiro atoms. The molecule has 2 aliphatic rings. The van der Waals surface area contributed by atoms with E-state index in [1.807, 2.05) is 19.9 Å². The minimum absolute atomic E-state index is 0.121. The van der Waals surface area contributed by atoms with Crippen molar-refractivity contribution < 1.29 is 23.1 Å². The number of hydrazone groups is 1. The Hall–Kier alpha value is -1.89. The third-order valence-electron chi connectivity index (χ3n) is 5.38. The summed E-state index contributed by atoms with van der Waals surface area (Å²) in [6, 6.07) is 5.16. The molecule has 1 amide bonds. The summed E-state index contributed by atoms with van der Waals surface area (Å²) < 4.78 is 41.5. The number of carbonyl (C=O) groups excluding carboxylic acids is 1. The summed E-state index contributed by atoms with van der Waals surface area (Å²) in [5, 5.41) is 14.9. The first-order valence-corrected chi connectivity index (χ1v) is 8.89. The Morgan fingerprint density at radius 3 is 2.65 bits per heavy atom. The molecule has 4 nitrogen and oxygen atoms in total. The van der Waals surface area contributed by atoms with E-state index >= 15 is 0 Å². The van der Waals surface area contributed by atoms with Gasteiger partial charge in [-0.25, -0.2) is 0 Å². The average Bonchev–Trinajstić information content (AvgIpc) is 2.89. The molecule has 0 aromatic heterocycles. The van der Waals surface area contributed by atoms with E-state index in [9.17, 15) is 23.1 Å². The third kappa shape index (κ3) is 2.82. The SMILES string of the molecule is Cc1ccc(C(C)C)cc1C(=O)N1N=C2CCCCC2C1(O)C(F)(F)F. The van der Waals surface area contributed by atoms with Crippen LogP contribution < -0.4 is 0 Å². The van der Waals surface area contributed by atoms with Gasteiger partial charge in [-0.2, -0.15) is 23.3 Å². The maximum absolute atomic E-state index is 13.8. The summed E-state index contributed by atoms with van der Waals surface area (Å²) in [6.45, 7) is 5.55. The fraction of sp³-hybridized carbons (Fsp3) is 0.579. The first-order valence-electron chi connectivity index (χ1n) is 8.89. The first kappa shape index (κ1) is 18.9. The van der Waals surface area contributed by atoms with E-state index < -0.39 is 23.7 Å². The summed E-state index contributed by atoms with van der Waals surface area (Å²) in [7, 11) is 0. The van der Waals surface area contributed by atoms with Crippen molar-refractivity contribution in [1.29, 1.82) is 0 Å². The molecular weight excluding hydrogens is 345 g/mol. The lowest BCUT2D eigenvalue weighted by atomic mass is 9.80. The molecule has 1 aromatic carbocycles. The van der Waals surface area contributed by atoms with Crippen molar-refractivity contribution >= 4 is 11.6 Å². The van der Waals surface area contributed by atoms with Crippen LogP contribution >= 0.6 is 0 Å². The van der Waals surface area contributed by atoms with Gasteiger partial charge in [0.15, 0.2) is 0 Å². The molecule has 3 rings (SSSR count). The highest BCUT2D eigenvalue weighted by Gasteiger charge is 2.68. The van der Waals surface area contributed by atoms with E-state index in [1.165, 1.54) is 0 Å². The summed E-state index contributed by atoms with van der Waals surface area (Å²) in [4.78, 5) is 13.0. The van der Waals surface area contributed by atoms with Gasteiger partial charge in [-0.15, -0.1) is 0 Å². The Balaban J connectivity index is 2.08. The van der Waals surface area contributed by atoms with Crippen molar-refractivity contribution in [1.82, 2.24) is 5.01 Å². The van der Waals surface area contributed by atoms with Crippen molar-refractivity contribution in [3.8, 4) is 0 Å². The Bertz CT molecular complexity index is 758. The van der Waals surface area contributed by atoms with E-state index in [-0.39, 0.29) is 28.6 Å². The van der Waals surface area contributed by atoms with Crippen LogP contribution in [0.5, 0.6) is 0 Å². The molecule has 142 valence electrons. The molecule has 0 bridgehead atoms. The van der Waals surface area contributed by atoms with Crippen LogP contribution in [0, 0.1) is 12.8 Å². The number of hydrogen-bond donors (Lipinski definition) is 1. The normalized spacial score (nSPS) is 26.1. The molecular formula is C19H23F3N2O2. The summed E-state index contributed by atoms with van der Waals surface area (Å²) in [6.07, 6.45) is -3.15. The second-order valence-electron chi connectivity index (χ2n) is 7.46. The van der Waals surface area contributed by atoms with E-state index in [0.717, 1.165) is 5.56 Å². The third-order valence-corrected chi connectivity index (χ3v) is 5.38. The quantitative estimate of drug-likeness (QED) is 0.843. The maximum Gasteiger partial charge on any atom is 0.439 e. The zero-order chi connectivity index (χ0) is 19.3. The van der Waals surface area contributed by atoms with E-state index in [2.05, 4.69) is 5.10 Å². The zero-order valence-corrected chi connectivity index (χ0v) is 15.1. The number of rotatable bonds is 2. The van der Waals surface area contributed by atoms with Crippen molar-refractivity contribution in [2.24, 2.45) is 11.0 Å². The number of fused-ring (bicyclic) bond motifs is 1. The summed E-state index contributed by atoms with van der Waals surface area (Å²) >= 11 is 0. The monoisotopic (exact) mass is 368 g/mol. The molecule has 1 fully saturated rings. The second kappa shape index (κ2) is 6.37. The predicted octanol–water partition coefficient (Wildman–Crippen LogP) is 4.37. The lowest BCUT2D eigenvalue weighted by Gasteiger charge is -2.38. The lowest BCUT2D eigenvalue weighted by Crippen LogP contribution is -2.61. The minimum Gasteiger partial charge on any atom is -0.362 e. The number of alkyl halides is 3. The molecule has 26 heavy (non-hydrogen) atoms. The van der Waals surface area contributed by atoms with Crippen LogP contribution in [0.1, 0.15) is 66.9 Å². The fourth-order valence-electron chi connectivity index (χ4n) is 3.76. The van der Waals surface area contributed by atoms with Gasteiger partial charge in [-0.05, 0) is 49.3 Å². The predicted molar refractivity (Wildman–Crippen MR) is 91.8 cm³/mol. The van der Waals surface area contributed by atoms with Crippen LogP contribution in [-0.4, -0.2) is 33.6 Å². The topological polar surface area (TPSA) is 52.9 Å². The Morgan fingerprint density at radius 1 is 1.35 bits per heavy atom. The lowest BCUT2D eigenvalue weighted by molar-refractivity contribution is -0.312. The Morgan fingerprint density at radius 2 is 2.04 bits per heavy atom. The van der Waals surface area contributed by atoms with Gasteiger partial charge in [0.25, 0.3) is 11.6 Å². The molecule has 1 heterocycles. The Labute approximate surface area is 150 Å². The molecule has 1 aliphatic carbocycles. The van der Waals surface area contributed by atoms with E-state index in [0.29, 0.717) is 24.8 Å². The molecule has 1 N–H and O–H groups in total. The smallest absolute Gasteiger partial charge is 0.362 e. The second-order valence-corrected chi connectivity index (χ2v) is 7.46. The first-order chi connectivity index (χ1) is 12.1. The van der Waals surface area contributed by atoms with Gasteiger partial charge < -0.3 is 5.11 Å². The van der Waals surface area contributed by atoms with Crippen LogP contribution in [0.2, 0.25) is 0 Å². The zero-order valence-electron chi connectivity index (χ0n) is 15.1. The van der Waals surface area contributed by atoms with Gasteiger partial charge in [-0.3, -0.25) is 4.79 Å². The number of aliphatic hydroxyl groups is 1. The van der Waals surface area contributed by atoms with E-state index in [1.54, 1.807) is 19.1 Å². The summed E-state index contributed by atoms with van der Waals surface area (Å²) in [5.74, 6) is -1.98. The number of carbonyl (C=O) groups is 1. The van der Waals surface area contributed by atoms with Gasteiger partial charge in [0.05, 0.1) is 5.92 Å².